The lowest BCUT2D eigenvalue weighted by atomic mass is 9.86. The first-order chi connectivity index (χ1) is 12.2. The second kappa shape index (κ2) is 6.89. The number of halogens is 3. The van der Waals surface area contributed by atoms with Crippen LogP contribution in [0.5, 0.6) is 0 Å². The molecule has 1 aliphatic rings. The SMILES string of the molecule is O=C(O)N1CCC(c2cc(=O)[nH]o2)CC1Cc1cccc(C(F)(F)F)c1. The molecular weight excluding hydrogens is 353 g/mol. The van der Waals surface area contributed by atoms with Crippen molar-refractivity contribution in [2.45, 2.75) is 37.4 Å². The van der Waals surface area contributed by atoms with Gasteiger partial charge in [-0.1, -0.05) is 18.2 Å². The van der Waals surface area contributed by atoms with E-state index in [0.717, 1.165) is 12.1 Å². The molecule has 1 aliphatic heterocycles. The smallest absolute Gasteiger partial charge is 0.416 e. The van der Waals surface area contributed by atoms with Crippen LogP contribution in [-0.4, -0.2) is 33.8 Å². The van der Waals surface area contributed by atoms with Gasteiger partial charge in [-0.15, -0.1) is 0 Å². The Kier molecular flexibility index (Phi) is 4.80. The zero-order valence-corrected chi connectivity index (χ0v) is 13.6. The van der Waals surface area contributed by atoms with Crippen LogP contribution >= 0.6 is 0 Å². The molecule has 1 aromatic carbocycles. The monoisotopic (exact) mass is 370 g/mol. The van der Waals surface area contributed by atoms with Crippen LogP contribution in [0.2, 0.25) is 0 Å². The van der Waals surface area contributed by atoms with Crippen molar-refractivity contribution in [2.24, 2.45) is 0 Å². The Balaban J connectivity index is 1.82. The van der Waals surface area contributed by atoms with Gasteiger partial charge >= 0.3 is 12.3 Å². The Hall–Kier alpha value is -2.71. The van der Waals surface area contributed by atoms with Crippen molar-refractivity contribution in [2.75, 3.05) is 6.54 Å². The van der Waals surface area contributed by atoms with Crippen molar-refractivity contribution < 1.29 is 27.6 Å². The highest BCUT2D eigenvalue weighted by atomic mass is 19.4. The molecule has 1 fully saturated rings. The summed E-state index contributed by atoms with van der Waals surface area (Å²) in [7, 11) is 0. The molecule has 2 heterocycles. The Morgan fingerprint density at radius 2 is 2.12 bits per heavy atom. The Morgan fingerprint density at radius 3 is 2.73 bits per heavy atom. The number of alkyl halides is 3. The number of benzene rings is 1. The maximum absolute atomic E-state index is 12.9. The molecule has 1 aromatic heterocycles. The summed E-state index contributed by atoms with van der Waals surface area (Å²) in [5.74, 6) is 0.273. The van der Waals surface area contributed by atoms with Gasteiger partial charge in [0.1, 0.15) is 5.76 Å². The highest BCUT2D eigenvalue weighted by Crippen LogP contribution is 2.34. The molecule has 0 radical (unpaired) electrons. The summed E-state index contributed by atoms with van der Waals surface area (Å²) < 4.78 is 43.8. The van der Waals surface area contributed by atoms with E-state index < -0.39 is 23.9 Å². The van der Waals surface area contributed by atoms with E-state index in [1.54, 1.807) is 6.07 Å². The average Bonchev–Trinajstić information content (AvgIpc) is 3.00. The largest absolute Gasteiger partial charge is 0.465 e. The molecule has 9 heteroatoms. The van der Waals surface area contributed by atoms with Gasteiger partial charge in [0.05, 0.1) is 5.56 Å². The van der Waals surface area contributed by atoms with Gasteiger partial charge in [0.25, 0.3) is 5.56 Å². The number of carboxylic acid groups (broad SMARTS) is 1. The first kappa shape index (κ1) is 18.1. The Labute approximate surface area is 146 Å². The van der Waals surface area contributed by atoms with E-state index in [0.29, 0.717) is 24.2 Å². The number of hydrogen-bond donors (Lipinski definition) is 2. The predicted octanol–water partition coefficient (Wildman–Crippen LogP) is 3.46. The maximum atomic E-state index is 12.9. The number of nitrogens with one attached hydrogen (secondary N) is 1. The summed E-state index contributed by atoms with van der Waals surface area (Å²) in [5.41, 5.74) is -0.733. The van der Waals surface area contributed by atoms with Gasteiger partial charge in [0, 0.05) is 24.6 Å². The molecule has 1 saturated heterocycles. The summed E-state index contributed by atoms with van der Waals surface area (Å²) in [6.07, 6.45) is -4.57. The van der Waals surface area contributed by atoms with Gasteiger partial charge in [0.15, 0.2) is 0 Å². The number of aromatic amines is 1. The molecule has 0 spiro atoms. The molecule has 1 amide bonds. The van der Waals surface area contributed by atoms with Crippen LogP contribution in [0.4, 0.5) is 18.0 Å². The quantitative estimate of drug-likeness (QED) is 0.866. The molecule has 0 bridgehead atoms. The number of likely N-dealkylation sites (tertiary alicyclic amines) is 1. The van der Waals surface area contributed by atoms with Gasteiger partial charge < -0.3 is 14.5 Å². The lowest BCUT2D eigenvalue weighted by molar-refractivity contribution is -0.137. The second-order valence-electron chi connectivity index (χ2n) is 6.37. The van der Waals surface area contributed by atoms with E-state index in [9.17, 15) is 27.9 Å². The van der Waals surface area contributed by atoms with Crippen LogP contribution in [0.25, 0.3) is 0 Å². The van der Waals surface area contributed by atoms with Crippen molar-refractivity contribution in [1.82, 2.24) is 10.1 Å². The van der Waals surface area contributed by atoms with Crippen molar-refractivity contribution in [1.29, 1.82) is 0 Å². The number of amides is 1. The molecular formula is C17H17F3N2O4. The minimum atomic E-state index is -4.45. The third kappa shape index (κ3) is 3.92. The number of H-pyrrole nitrogens is 1. The fourth-order valence-corrected chi connectivity index (χ4v) is 3.40. The third-order valence-corrected chi connectivity index (χ3v) is 4.63. The zero-order valence-electron chi connectivity index (χ0n) is 13.6. The molecule has 2 unspecified atom stereocenters. The predicted molar refractivity (Wildman–Crippen MR) is 85.0 cm³/mol. The summed E-state index contributed by atoms with van der Waals surface area (Å²) in [6.45, 7) is 0.221. The maximum Gasteiger partial charge on any atom is 0.416 e. The van der Waals surface area contributed by atoms with Crippen molar-refractivity contribution in [3.63, 3.8) is 0 Å². The van der Waals surface area contributed by atoms with E-state index in [1.165, 1.54) is 17.0 Å². The zero-order chi connectivity index (χ0) is 18.9. The van der Waals surface area contributed by atoms with Crippen LogP contribution in [0, 0.1) is 0 Å². The van der Waals surface area contributed by atoms with Gasteiger partial charge in [-0.05, 0) is 30.9 Å². The molecule has 3 rings (SSSR count). The summed E-state index contributed by atoms with van der Waals surface area (Å²) in [4.78, 5) is 24.0. The molecule has 26 heavy (non-hydrogen) atoms. The number of nitrogens with zero attached hydrogens (tertiary/aromatic N) is 1. The van der Waals surface area contributed by atoms with Gasteiger partial charge in [0.2, 0.25) is 0 Å². The number of piperidine rings is 1. The average molecular weight is 370 g/mol. The summed E-state index contributed by atoms with van der Waals surface area (Å²) in [6, 6.07) is 5.71. The Morgan fingerprint density at radius 1 is 1.35 bits per heavy atom. The van der Waals surface area contributed by atoms with Crippen molar-refractivity contribution >= 4 is 6.09 Å². The molecule has 2 N–H and O–H groups in total. The topological polar surface area (TPSA) is 86.5 Å². The molecule has 2 aromatic rings. The van der Waals surface area contributed by atoms with Crippen LogP contribution in [0.1, 0.15) is 35.6 Å². The molecule has 2 atom stereocenters. The third-order valence-electron chi connectivity index (χ3n) is 4.63. The van der Waals surface area contributed by atoms with E-state index in [-0.39, 0.29) is 24.4 Å². The summed E-state index contributed by atoms with van der Waals surface area (Å²) >= 11 is 0. The molecule has 6 nitrogen and oxygen atoms in total. The first-order valence-corrected chi connectivity index (χ1v) is 8.08. The van der Waals surface area contributed by atoms with Crippen LogP contribution in [0.3, 0.4) is 0 Å². The molecule has 140 valence electrons. The highest BCUT2D eigenvalue weighted by molar-refractivity contribution is 5.65. The van der Waals surface area contributed by atoms with Crippen LogP contribution < -0.4 is 5.56 Å². The van der Waals surface area contributed by atoms with Gasteiger partial charge in [-0.3, -0.25) is 4.79 Å². The molecule has 0 saturated carbocycles. The van der Waals surface area contributed by atoms with E-state index >= 15 is 0 Å². The van der Waals surface area contributed by atoms with E-state index in [2.05, 4.69) is 5.16 Å². The first-order valence-electron chi connectivity index (χ1n) is 8.08. The Bertz CT molecular complexity index is 843. The minimum Gasteiger partial charge on any atom is -0.465 e. The lowest BCUT2D eigenvalue weighted by Crippen LogP contribution is -2.46. The standard InChI is InChI=1S/C17H17F3N2O4/c18-17(19,20)12-3-1-2-10(6-12)7-13-8-11(4-5-22(13)16(24)25)14-9-15(23)21-26-14/h1-3,6,9,11,13H,4-5,7-8H2,(H,21,23)(H,24,25). The van der Waals surface area contributed by atoms with Crippen molar-refractivity contribution in [3.8, 4) is 0 Å². The molecule has 0 aliphatic carbocycles. The van der Waals surface area contributed by atoms with Gasteiger partial charge in [-0.2, -0.15) is 18.3 Å². The summed E-state index contributed by atoms with van der Waals surface area (Å²) in [5, 5.41) is 11.6. The number of hydrogen-bond acceptors (Lipinski definition) is 3. The number of rotatable bonds is 3. The number of aromatic nitrogens is 1. The fourth-order valence-electron chi connectivity index (χ4n) is 3.40. The van der Waals surface area contributed by atoms with Gasteiger partial charge in [-0.25, -0.2) is 4.79 Å². The lowest BCUT2D eigenvalue weighted by Gasteiger charge is -2.37. The normalized spacial score (nSPS) is 21.0. The highest BCUT2D eigenvalue weighted by Gasteiger charge is 2.35. The van der Waals surface area contributed by atoms with Crippen LogP contribution in [0.15, 0.2) is 39.6 Å². The second-order valence-corrected chi connectivity index (χ2v) is 6.37. The van der Waals surface area contributed by atoms with Crippen LogP contribution in [-0.2, 0) is 12.6 Å². The van der Waals surface area contributed by atoms with Crippen molar-refractivity contribution in [3.05, 3.63) is 57.6 Å². The fraction of sp³-hybridized carbons (Fsp3) is 0.412. The number of carbonyl (C=O) groups is 1. The minimum absolute atomic E-state index is 0.154. The van der Waals surface area contributed by atoms with E-state index in [4.69, 9.17) is 4.52 Å². The van der Waals surface area contributed by atoms with E-state index in [1.807, 2.05) is 0 Å².